The molecule has 1 heterocycles. The third kappa shape index (κ3) is 3.46. The zero-order valence-electron chi connectivity index (χ0n) is 8.32. The van der Waals surface area contributed by atoms with Crippen LogP contribution in [0.25, 0.3) is 0 Å². The summed E-state index contributed by atoms with van der Waals surface area (Å²) in [6.45, 7) is 1.22. The minimum atomic E-state index is -5.07. The molecular formula is C7H7F3N2O4S. The van der Waals surface area contributed by atoms with Crippen LogP contribution in [0.2, 0.25) is 0 Å². The molecule has 0 aliphatic rings. The van der Waals surface area contributed by atoms with Gasteiger partial charge in [-0.15, -0.1) is 13.2 Å². The Hall–Kier alpha value is -1.55. The molecule has 1 aromatic heterocycles. The summed E-state index contributed by atoms with van der Waals surface area (Å²) in [5.74, 6) is -2.36. The quantitative estimate of drug-likeness (QED) is 0.822. The van der Waals surface area contributed by atoms with E-state index >= 15 is 0 Å². The molecule has 0 saturated carbocycles. The largest absolute Gasteiger partial charge is 0.573 e. The van der Waals surface area contributed by atoms with Crippen LogP contribution in [0.15, 0.2) is 11.1 Å². The monoisotopic (exact) mass is 272 g/mol. The molecule has 96 valence electrons. The molecule has 3 N–H and O–H groups in total. The van der Waals surface area contributed by atoms with Gasteiger partial charge in [-0.3, -0.25) is 0 Å². The number of aryl methyl sites for hydroxylation is 1. The molecule has 1 aromatic rings. The molecule has 0 aliphatic carbocycles. The molecular weight excluding hydrogens is 265 g/mol. The summed E-state index contributed by atoms with van der Waals surface area (Å²) in [5.41, 5.74) is -0.105. The highest BCUT2D eigenvalue weighted by atomic mass is 32.2. The fourth-order valence-electron chi connectivity index (χ4n) is 1.01. The molecule has 0 aliphatic heterocycles. The minimum absolute atomic E-state index is 0.105. The molecule has 0 bridgehead atoms. The predicted molar refractivity (Wildman–Crippen MR) is 48.7 cm³/mol. The maximum absolute atomic E-state index is 11.9. The average Bonchev–Trinajstić information content (AvgIpc) is 2.06. The van der Waals surface area contributed by atoms with E-state index in [0.717, 1.165) is 6.07 Å². The summed E-state index contributed by atoms with van der Waals surface area (Å²) < 4.78 is 61.2. The van der Waals surface area contributed by atoms with E-state index in [2.05, 4.69) is 14.9 Å². The van der Waals surface area contributed by atoms with Crippen LogP contribution >= 0.6 is 0 Å². The van der Waals surface area contributed by atoms with Crippen molar-refractivity contribution in [3.8, 4) is 11.5 Å². The number of ether oxygens (including phenoxy) is 1. The Balaban J connectivity index is 3.40. The van der Waals surface area contributed by atoms with Crippen LogP contribution in [0.5, 0.6) is 11.5 Å². The Labute approximate surface area is 93.9 Å². The highest BCUT2D eigenvalue weighted by molar-refractivity contribution is 7.89. The van der Waals surface area contributed by atoms with E-state index in [-0.39, 0.29) is 5.69 Å². The molecule has 0 atom stereocenters. The van der Waals surface area contributed by atoms with E-state index in [1.807, 2.05) is 0 Å². The molecule has 0 unspecified atom stereocenters. The third-order valence-corrected chi connectivity index (χ3v) is 2.37. The summed E-state index contributed by atoms with van der Waals surface area (Å²) in [7, 11) is -4.44. The number of halogens is 3. The molecule has 0 spiro atoms. The highest BCUT2D eigenvalue weighted by Gasteiger charge is 2.34. The van der Waals surface area contributed by atoms with Crippen molar-refractivity contribution < 1.29 is 31.4 Å². The van der Waals surface area contributed by atoms with E-state index in [9.17, 15) is 26.7 Å². The molecule has 0 saturated heterocycles. The number of sulfonamides is 1. The van der Waals surface area contributed by atoms with Crippen molar-refractivity contribution in [2.45, 2.75) is 18.3 Å². The summed E-state index contributed by atoms with van der Waals surface area (Å²) in [6.07, 6.45) is -5.07. The Morgan fingerprint density at radius 1 is 1.47 bits per heavy atom. The lowest BCUT2D eigenvalue weighted by molar-refractivity contribution is -0.275. The van der Waals surface area contributed by atoms with Crippen molar-refractivity contribution in [1.82, 2.24) is 4.98 Å². The first-order chi connectivity index (χ1) is 7.50. The van der Waals surface area contributed by atoms with E-state index in [1.165, 1.54) is 6.92 Å². The van der Waals surface area contributed by atoms with Gasteiger partial charge in [0.2, 0.25) is 5.03 Å². The van der Waals surface area contributed by atoms with Crippen molar-refractivity contribution in [1.29, 1.82) is 0 Å². The zero-order valence-corrected chi connectivity index (χ0v) is 9.13. The number of alkyl halides is 3. The number of hydrogen-bond donors (Lipinski definition) is 2. The molecule has 10 heteroatoms. The number of rotatable bonds is 2. The summed E-state index contributed by atoms with van der Waals surface area (Å²) >= 11 is 0. The molecule has 0 amide bonds. The van der Waals surface area contributed by atoms with Gasteiger partial charge in [0.1, 0.15) is 0 Å². The fraction of sp³-hybridized carbons (Fsp3) is 0.286. The maximum atomic E-state index is 11.9. The lowest BCUT2D eigenvalue weighted by atomic mass is 10.3. The number of aromatic hydroxyl groups is 1. The van der Waals surface area contributed by atoms with E-state index in [1.54, 1.807) is 0 Å². The number of nitrogens with zero attached hydrogens (tertiary/aromatic N) is 1. The Kier molecular flexibility index (Phi) is 3.21. The van der Waals surface area contributed by atoms with Crippen molar-refractivity contribution in [2.75, 3.05) is 0 Å². The van der Waals surface area contributed by atoms with Gasteiger partial charge in [0.25, 0.3) is 10.0 Å². The van der Waals surface area contributed by atoms with Gasteiger partial charge >= 0.3 is 6.36 Å². The van der Waals surface area contributed by atoms with Crippen molar-refractivity contribution >= 4 is 10.0 Å². The fourth-order valence-corrected chi connectivity index (χ4v) is 1.65. The first-order valence-electron chi connectivity index (χ1n) is 4.00. The van der Waals surface area contributed by atoms with Gasteiger partial charge in [-0.2, -0.15) is 0 Å². The minimum Gasteiger partial charge on any atom is -0.502 e. The first-order valence-corrected chi connectivity index (χ1v) is 5.54. The van der Waals surface area contributed by atoms with E-state index < -0.39 is 32.9 Å². The topological polar surface area (TPSA) is 103 Å². The second-order valence-electron chi connectivity index (χ2n) is 3.01. The number of nitrogens with two attached hydrogens (primary N) is 1. The lowest BCUT2D eigenvalue weighted by Gasteiger charge is -2.12. The van der Waals surface area contributed by atoms with E-state index in [0.29, 0.717) is 0 Å². The van der Waals surface area contributed by atoms with Crippen molar-refractivity contribution in [2.24, 2.45) is 5.14 Å². The normalized spacial score (nSPS) is 12.5. The number of aromatic nitrogens is 1. The van der Waals surface area contributed by atoms with Gasteiger partial charge in [0.05, 0.1) is 0 Å². The van der Waals surface area contributed by atoms with Crippen LogP contribution in [-0.4, -0.2) is 24.9 Å². The van der Waals surface area contributed by atoms with Crippen LogP contribution in [0.1, 0.15) is 5.69 Å². The van der Waals surface area contributed by atoms with Gasteiger partial charge in [0.15, 0.2) is 11.5 Å². The van der Waals surface area contributed by atoms with Gasteiger partial charge in [0, 0.05) is 11.8 Å². The molecule has 0 radical (unpaired) electrons. The van der Waals surface area contributed by atoms with E-state index in [4.69, 9.17) is 0 Å². The first kappa shape index (κ1) is 13.5. The standard InChI is InChI=1S/C7H7F3N2O4S/c1-3-2-4(16-7(8,9)10)5(13)6(12-3)17(11,14)15/h2,13H,1H3,(H2,11,14,15). The maximum Gasteiger partial charge on any atom is 0.573 e. The van der Waals surface area contributed by atoms with Crippen LogP contribution in [0.3, 0.4) is 0 Å². The van der Waals surface area contributed by atoms with Gasteiger partial charge in [-0.25, -0.2) is 18.5 Å². The average molecular weight is 272 g/mol. The summed E-state index contributed by atoms with van der Waals surface area (Å²) in [5, 5.41) is 12.9. The second-order valence-corrected chi connectivity index (χ2v) is 4.49. The lowest BCUT2D eigenvalue weighted by Crippen LogP contribution is -2.19. The zero-order chi connectivity index (χ0) is 13.4. The van der Waals surface area contributed by atoms with Gasteiger partial charge in [-0.05, 0) is 6.92 Å². The van der Waals surface area contributed by atoms with Crippen LogP contribution in [0.4, 0.5) is 13.2 Å². The second kappa shape index (κ2) is 4.04. The Morgan fingerprint density at radius 3 is 2.41 bits per heavy atom. The summed E-state index contributed by atoms with van der Waals surface area (Å²) in [6, 6.07) is 0.734. The smallest absolute Gasteiger partial charge is 0.502 e. The van der Waals surface area contributed by atoms with Crippen LogP contribution in [-0.2, 0) is 10.0 Å². The molecule has 0 fully saturated rings. The number of hydrogen-bond acceptors (Lipinski definition) is 5. The van der Waals surface area contributed by atoms with Gasteiger partial charge < -0.3 is 9.84 Å². The molecule has 6 nitrogen and oxygen atoms in total. The molecule has 17 heavy (non-hydrogen) atoms. The highest BCUT2D eigenvalue weighted by Crippen LogP contribution is 2.35. The Bertz CT molecular complexity index is 541. The number of pyridine rings is 1. The van der Waals surface area contributed by atoms with Gasteiger partial charge in [-0.1, -0.05) is 0 Å². The Morgan fingerprint density at radius 2 is 2.00 bits per heavy atom. The molecule has 0 aromatic carbocycles. The van der Waals surface area contributed by atoms with Crippen molar-refractivity contribution in [3.05, 3.63) is 11.8 Å². The SMILES string of the molecule is Cc1cc(OC(F)(F)F)c(O)c(S(N)(=O)=O)n1. The van der Waals surface area contributed by atoms with Crippen LogP contribution in [0, 0.1) is 6.92 Å². The summed E-state index contributed by atoms with van der Waals surface area (Å²) in [4.78, 5) is 3.32. The van der Waals surface area contributed by atoms with Crippen molar-refractivity contribution in [3.63, 3.8) is 0 Å². The molecule has 1 rings (SSSR count). The third-order valence-electron chi connectivity index (χ3n) is 1.55. The predicted octanol–water partition coefficient (Wildman–Crippen LogP) is 0.642. The number of primary sulfonamides is 1. The van der Waals surface area contributed by atoms with Crippen LogP contribution < -0.4 is 9.88 Å².